The molecule has 2 aliphatic heterocycles. The van der Waals surface area contributed by atoms with Gasteiger partial charge in [0.25, 0.3) is 5.91 Å². The van der Waals surface area contributed by atoms with E-state index in [9.17, 15) is 14.9 Å². The van der Waals surface area contributed by atoms with Crippen molar-refractivity contribution in [2.24, 2.45) is 4.99 Å². The van der Waals surface area contributed by atoms with Gasteiger partial charge < -0.3 is 4.74 Å². The van der Waals surface area contributed by atoms with Crippen molar-refractivity contribution >= 4 is 45.1 Å². The highest BCUT2D eigenvalue weighted by Gasteiger charge is 2.35. The molecule has 0 radical (unpaired) electrons. The van der Waals surface area contributed by atoms with E-state index in [0.717, 1.165) is 10.4 Å². The van der Waals surface area contributed by atoms with Gasteiger partial charge in [0.1, 0.15) is 11.1 Å². The summed E-state index contributed by atoms with van der Waals surface area (Å²) in [6.07, 6.45) is 0.652. The number of fused-ring (bicyclic) bond motifs is 1. The van der Waals surface area contributed by atoms with Gasteiger partial charge in [-0.2, -0.15) is 10.3 Å². The standard InChI is InChI=1S/C18H13N3O3S2/c19-8-13-12-6-7-24-9-14(12)26-17(13)21-15(22)10-25-18(21)20-16(23)11-4-2-1-3-5-11/h1-5H,6-7,9-10H2. The summed E-state index contributed by atoms with van der Waals surface area (Å²) in [7, 11) is 0. The number of anilines is 1. The first kappa shape index (κ1) is 17.0. The van der Waals surface area contributed by atoms with Crippen LogP contribution in [0.3, 0.4) is 0 Å². The molecule has 2 amide bonds. The number of ether oxygens (including phenoxy) is 1. The highest BCUT2D eigenvalue weighted by atomic mass is 32.2. The van der Waals surface area contributed by atoms with E-state index in [0.29, 0.717) is 40.9 Å². The van der Waals surface area contributed by atoms with E-state index in [4.69, 9.17) is 4.74 Å². The largest absolute Gasteiger partial charge is 0.376 e. The maximum absolute atomic E-state index is 12.5. The number of benzene rings is 1. The zero-order valence-electron chi connectivity index (χ0n) is 13.6. The number of thioether (sulfide) groups is 1. The number of amides is 2. The zero-order valence-corrected chi connectivity index (χ0v) is 15.2. The molecule has 1 fully saturated rings. The fourth-order valence-electron chi connectivity index (χ4n) is 2.87. The molecule has 1 aromatic carbocycles. The molecule has 4 rings (SSSR count). The molecule has 0 spiro atoms. The number of thiophene rings is 1. The molecular weight excluding hydrogens is 370 g/mol. The molecule has 0 unspecified atom stereocenters. The van der Waals surface area contributed by atoms with Gasteiger partial charge in [0.15, 0.2) is 5.17 Å². The third-order valence-electron chi connectivity index (χ3n) is 4.10. The Morgan fingerprint density at radius 1 is 1.31 bits per heavy atom. The summed E-state index contributed by atoms with van der Waals surface area (Å²) < 4.78 is 5.46. The summed E-state index contributed by atoms with van der Waals surface area (Å²) in [5.74, 6) is -0.383. The first-order valence-electron chi connectivity index (χ1n) is 7.95. The van der Waals surface area contributed by atoms with E-state index in [1.807, 2.05) is 6.07 Å². The molecule has 0 bridgehead atoms. The van der Waals surface area contributed by atoms with E-state index in [2.05, 4.69) is 11.1 Å². The molecule has 26 heavy (non-hydrogen) atoms. The van der Waals surface area contributed by atoms with Gasteiger partial charge in [-0.1, -0.05) is 30.0 Å². The van der Waals surface area contributed by atoms with Gasteiger partial charge >= 0.3 is 0 Å². The molecule has 0 saturated carbocycles. The van der Waals surface area contributed by atoms with Crippen molar-refractivity contribution in [3.8, 4) is 6.07 Å². The lowest BCUT2D eigenvalue weighted by Crippen LogP contribution is -2.29. The molecule has 130 valence electrons. The third kappa shape index (κ3) is 2.94. The van der Waals surface area contributed by atoms with Gasteiger partial charge in [-0.3, -0.25) is 9.59 Å². The second-order valence-electron chi connectivity index (χ2n) is 5.68. The van der Waals surface area contributed by atoms with Crippen molar-refractivity contribution in [3.63, 3.8) is 0 Å². The van der Waals surface area contributed by atoms with Crippen LogP contribution in [0.25, 0.3) is 0 Å². The van der Waals surface area contributed by atoms with Crippen LogP contribution in [0, 0.1) is 11.3 Å². The third-order valence-corrected chi connectivity index (χ3v) is 6.21. The summed E-state index contributed by atoms with van der Waals surface area (Å²) in [5, 5.41) is 10.5. The maximum atomic E-state index is 12.5. The fourth-order valence-corrected chi connectivity index (χ4v) is 5.03. The highest BCUT2D eigenvalue weighted by molar-refractivity contribution is 8.15. The van der Waals surface area contributed by atoms with Crippen LogP contribution in [0.1, 0.15) is 26.4 Å². The second-order valence-corrected chi connectivity index (χ2v) is 7.71. The van der Waals surface area contributed by atoms with E-state index in [-0.39, 0.29) is 11.7 Å². The monoisotopic (exact) mass is 383 g/mol. The molecule has 3 heterocycles. The van der Waals surface area contributed by atoms with Crippen LogP contribution in [0.5, 0.6) is 0 Å². The quantitative estimate of drug-likeness (QED) is 0.796. The first-order valence-corrected chi connectivity index (χ1v) is 9.75. The molecule has 8 heteroatoms. The molecule has 0 aliphatic carbocycles. The van der Waals surface area contributed by atoms with Gasteiger partial charge in [0.05, 0.1) is 24.5 Å². The number of nitriles is 1. The van der Waals surface area contributed by atoms with Gasteiger partial charge in [-0.25, -0.2) is 4.90 Å². The summed E-state index contributed by atoms with van der Waals surface area (Å²) in [6, 6.07) is 10.9. The average molecular weight is 383 g/mol. The fraction of sp³-hybridized carbons (Fsp3) is 0.222. The molecule has 6 nitrogen and oxygen atoms in total. The van der Waals surface area contributed by atoms with Crippen molar-refractivity contribution in [2.45, 2.75) is 13.0 Å². The Morgan fingerprint density at radius 2 is 2.12 bits per heavy atom. The van der Waals surface area contributed by atoms with E-state index in [1.165, 1.54) is 28.0 Å². The summed E-state index contributed by atoms with van der Waals surface area (Å²) in [6.45, 7) is 1.01. The molecule has 2 aromatic rings. The number of rotatable bonds is 2. The predicted octanol–water partition coefficient (Wildman–Crippen LogP) is 2.97. The van der Waals surface area contributed by atoms with Gasteiger partial charge in [0.2, 0.25) is 5.91 Å². The number of hydrogen-bond acceptors (Lipinski definition) is 6. The molecule has 1 aromatic heterocycles. The number of hydrogen-bond donors (Lipinski definition) is 0. The molecular formula is C18H13N3O3S2. The zero-order chi connectivity index (χ0) is 18.1. The lowest BCUT2D eigenvalue weighted by atomic mass is 10.1. The van der Waals surface area contributed by atoms with E-state index >= 15 is 0 Å². The van der Waals surface area contributed by atoms with Crippen LogP contribution in [0.2, 0.25) is 0 Å². The summed E-state index contributed by atoms with van der Waals surface area (Å²) in [4.78, 5) is 31.4. The van der Waals surface area contributed by atoms with Crippen LogP contribution >= 0.6 is 23.1 Å². The molecule has 0 atom stereocenters. The number of aliphatic imine (C=N–C) groups is 1. The smallest absolute Gasteiger partial charge is 0.279 e. The Kier molecular flexibility index (Phi) is 4.59. The number of nitrogens with zero attached hydrogens (tertiary/aromatic N) is 3. The minimum atomic E-state index is -0.407. The van der Waals surface area contributed by atoms with Crippen LogP contribution in [-0.4, -0.2) is 29.3 Å². The average Bonchev–Trinajstić information content (AvgIpc) is 3.21. The van der Waals surface area contributed by atoms with Gasteiger partial charge in [-0.15, -0.1) is 11.3 Å². The topological polar surface area (TPSA) is 82.8 Å². The van der Waals surface area contributed by atoms with Crippen LogP contribution in [-0.2, 0) is 22.6 Å². The van der Waals surface area contributed by atoms with E-state index < -0.39 is 5.91 Å². The molecule has 1 saturated heterocycles. The Hall–Kier alpha value is -2.47. The lowest BCUT2D eigenvalue weighted by molar-refractivity contribution is -0.115. The number of amidine groups is 1. The summed E-state index contributed by atoms with van der Waals surface area (Å²) >= 11 is 2.58. The SMILES string of the molecule is N#Cc1c(N2C(=O)CSC2=NC(=O)c2ccccc2)sc2c1CCOC2. The van der Waals surface area contributed by atoms with Crippen molar-refractivity contribution in [1.82, 2.24) is 0 Å². The Labute approximate surface area is 158 Å². The van der Waals surface area contributed by atoms with Crippen LogP contribution in [0.4, 0.5) is 5.00 Å². The number of carbonyl (C=O) groups excluding carboxylic acids is 2. The van der Waals surface area contributed by atoms with E-state index in [1.54, 1.807) is 24.3 Å². The lowest BCUT2D eigenvalue weighted by Gasteiger charge is -2.14. The predicted molar refractivity (Wildman–Crippen MR) is 101 cm³/mol. The minimum absolute atomic E-state index is 0.175. The van der Waals surface area contributed by atoms with Crippen molar-refractivity contribution in [3.05, 3.63) is 51.9 Å². The molecule has 2 aliphatic rings. The van der Waals surface area contributed by atoms with Crippen LogP contribution < -0.4 is 4.90 Å². The second kappa shape index (κ2) is 7.03. The van der Waals surface area contributed by atoms with Crippen molar-refractivity contribution < 1.29 is 14.3 Å². The summed E-state index contributed by atoms with van der Waals surface area (Å²) in [5.41, 5.74) is 1.89. The Balaban J connectivity index is 1.74. The van der Waals surface area contributed by atoms with Gasteiger partial charge in [0, 0.05) is 10.4 Å². The Bertz CT molecular complexity index is 960. The van der Waals surface area contributed by atoms with Crippen LogP contribution in [0.15, 0.2) is 35.3 Å². The van der Waals surface area contributed by atoms with Crippen molar-refractivity contribution in [1.29, 1.82) is 5.26 Å². The van der Waals surface area contributed by atoms with Gasteiger partial charge in [-0.05, 0) is 24.1 Å². The minimum Gasteiger partial charge on any atom is -0.376 e. The normalized spacial score (nSPS) is 18.0. The Morgan fingerprint density at radius 3 is 2.88 bits per heavy atom. The van der Waals surface area contributed by atoms with Crippen molar-refractivity contribution in [2.75, 3.05) is 17.3 Å². The highest BCUT2D eigenvalue weighted by Crippen LogP contribution is 2.41. The maximum Gasteiger partial charge on any atom is 0.279 e. The molecule has 0 N–H and O–H groups in total. The number of carbonyl (C=O) groups is 2. The first-order chi connectivity index (χ1) is 12.7.